The Balaban J connectivity index is 1.93. The molecule has 20 heavy (non-hydrogen) atoms. The van der Waals surface area contributed by atoms with Crippen molar-refractivity contribution in [2.75, 3.05) is 6.61 Å². The maximum Gasteiger partial charge on any atom is 0.170 e. The molecule has 102 valence electrons. The van der Waals surface area contributed by atoms with Gasteiger partial charge in [0.05, 0.1) is 12.2 Å². The molecule has 0 unspecified atom stereocenters. The number of hydrogen-bond acceptors (Lipinski definition) is 2. The van der Waals surface area contributed by atoms with E-state index in [-0.39, 0.29) is 17.8 Å². The summed E-state index contributed by atoms with van der Waals surface area (Å²) in [5, 5.41) is 0.575. The molecular formula is C16H12ClFO2. The lowest BCUT2D eigenvalue weighted by atomic mass is 9.99. The van der Waals surface area contributed by atoms with E-state index in [4.69, 9.17) is 16.3 Å². The summed E-state index contributed by atoms with van der Waals surface area (Å²) < 4.78 is 19.2. The minimum atomic E-state index is -0.503. The smallest absolute Gasteiger partial charge is 0.170 e. The van der Waals surface area contributed by atoms with Crippen LogP contribution < -0.4 is 4.74 Å². The Morgan fingerprint density at radius 3 is 2.90 bits per heavy atom. The van der Waals surface area contributed by atoms with Gasteiger partial charge in [-0.3, -0.25) is 4.79 Å². The van der Waals surface area contributed by atoms with Crippen LogP contribution in [-0.2, 0) is 12.8 Å². The molecule has 0 fully saturated rings. The van der Waals surface area contributed by atoms with E-state index in [0.29, 0.717) is 11.6 Å². The third-order valence-corrected chi connectivity index (χ3v) is 3.57. The van der Waals surface area contributed by atoms with Crippen LogP contribution in [0.25, 0.3) is 0 Å². The first kappa shape index (κ1) is 13.1. The molecule has 0 N–H and O–H groups in total. The molecule has 0 bridgehead atoms. The number of Topliss-reactive ketones (excluding diaryl/α,β-unsaturated/α-hetero) is 1. The Hall–Kier alpha value is -1.87. The molecule has 0 saturated carbocycles. The molecule has 1 heterocycles. The second-order valence-electron chi connectivity index (χ2n) is 4.73. The van der Waals surface area contributed by atoms with Crippen LogP contribution in [0, 0.1) is 5.82 Å². The fourth-order valence-electron chi connectivity index (χ4n) is 2.43. The topological polar surface area (TPSA) is 26.3 Å². The highest BCUT2D eigenvalue weighted by Crippen LogP contribution is 2.33. The summed E-state index contributed by atoms with van der Waals surface area (Å²) in [7, 11) is 0. The molecule has 2 aromatic carbocycles. The van der Waals surface area contributed by atoms with Crippen LogP contribution in [0.4, 0.5) is 4.39 Å². The second kappa shape index (κ2) is 5.25. The third-order valence-electron chi connectivity index (χ3n) is 3.35. The number of halogens is 2. The van der Waals surface area contributed by atoms with Gasteiger partial charge in [-0.15, -0.1) is 0 Å². The first-order valence-corrected chi connectivity index (χ1v) is 6.75. The zero-order chi connectivity index (χ0) is 14.1. The van der Waals surface area contributed by atoms with E-state index in [9.17, 15) is 9.18 Å². The molecule has 0 spiro atoms. The Kier molecular flexibility index (Phi) is 3.45. The molecule has 0 atom stereocenters. The van der Waals surface area contributed by atoms with E-state index in [1.807, 2.05) is 6.07 Å². The highest BCUT2D eigenvalue weighted by molar-refractivity contribution is 6.30. The molecule has 0 aliphatic carbocycles. The molecule has 1 aliphatic rings. The van der Waals surface area contributed by atoms with Crippen molar-refractivity contribution in [2.45, 2.75) is 12.8 Å². The average molecular weight is 291 g/mol. The zero-order valence-corrected chi connectivity index (χ0v) is 11.4. The summed E-state index contributed by atoms with van der Waals surface area (Å²) >= 11 is 6.05. The minimum Gasteiger partial charge on any atom is -0.493 e. The molecular weight excluding hydrogens is 279 g/mol. The van der Waals surface area contributed by atoms with Crippen LogP contribution in [0.3, 0.4) is 0 Å². The lowest BCUT2D eigenvalue weighted by Gasteiger charge is -2.09. The van der Waals surface area contributed by atoms with E-state index < -0.39 is 5.82 Å². The fraction of sp³-hybridized carbons (Fsp3) is 0.188. The molecule has 2 aromatic rings. The number of carbonyl (C=O) groups excluding carboxylic acids is 1. The predicted octanol–water partition coefficient (Wildman–Crippen LogP) is 3.84. The summed E-state index contributed by atoms with van der Waals surface area (Å²) in [6.07, 6.45) is 0.876. The quantitative estimate of drug-likeness (QED) is 0.803. The first-order chi connectivity index (χ1) is 9.65. The van der Waals surface area contributed by atoms with E-state index in [1.54, 1.807) is 18.2 Å². The van der Waals surface area contributed by atoms with Crippen molar-refractivity contribution in [3.63, 3.8) is 0 Å². The Bertz CT molecular complexity index is 682. The minimum absolute atomic E-state index is 0.0871. The summed E-state index contributed by atoms with van der Waals surface area (Å²) in [4.78, 5) is 12.2. The van der Waals surface area contributed by atoms with Crippen molar-refractivity contribution in [2.24, 2.45) is 0 Å². The number of ether oxygens (including phenoxy) is 1. The molecule has 0 aromatic heterocycles. The van der Waals surface area contributed by atoms with Crippen molar-refractivity contribution in [1.82, 2.24) is 0 Å². The first-order valence-electron chi connectivity index (χ1n) is 6.37. The van der Waals surface area contributed by atoms with Crippen LogP contribution in [-0.4, -0.2) is 12.4 Å². The van der Waals surface area contributed by atoms with Gasteiger partial charge in [0.25, 0.3) is 0 Å². The van der Waals surface area contributed by atoms with Gasteiger partial charge in [0.2, 0.25) is 0 Å². The summed E-state index contributed by atoms with van der Waals surface area (Å²) in [5.41, 5.74) is 1.83. The maximum absolute atomic E-state index is 13.6. The van der Waals surface area contributed by atoms with Gasteiger partial charge >= 0.3 is 0 Å². The zero-order valence-electron chi connectivity index (χ0n) is 10.7. The van der Waals surface area contributed by atoms with Crippen molar-refractivity contribution >= 4 is 17.4 Å². The van der Waals surface area contributed by atoms with Gasteiger partial charge in [0.15, 0.2) is 5.78 Å². The van der Waals surface area contributed by atoms with Crippen LogP contribution in [0.2, 0.25) is 5.02 Å². The lowest BCUT2D eigenvalue weighted by Crippen LogP contribution is -2.07. The number of benzene rings is 2. The van der Waals surface area contributed by atoms with Crippen LogP contribution in [0.15, 0.2) is 36.4 Å². The number of rotatable bonds is 3. The van der Waals surface area contributed by atoms with Crippen LogP contribution >= 0.6 is 11.6 Å². The van der Waals surface area contributed by atoms with Gasteiger partial charge in [0, 0.05) is 23.4 Å². The Labute approximate surface area is 121 Å². The normalized spacial score (nSPS) is 12.9. The molecule has 0 amide bonds. The van der Waals surface area contributed by atoms with Crippen LogP contribution in [0.1, 0.15) is 21.5 Å². The van der Waals surface area contributed by atoms with E-state index in [0.717, 1.165) is 23.3 Å². The van der Waals surface area contributed by atoms with E-state index >= 15 is 0 Å². The van der Waals surface area contributed by atoms with Gasteiger partial charge in [-0.05, 0) is 29.8 Å². The number of ketones is 1. The van der Waals surface area contributed by atoms with Crippen molar-refractivity contribution in [3.05, 3.63) is 63.9 Å². The molecule has 0 radical (unpaired) electrons. The number of carbonyl (C=O) groups is 1. The van der Waals surface area contributed by atoms with Crippen molar-refractivity contribution < 1.29 is 13.9 Å². The van der Waals surface area contributed by atoms with Gasteiger partial charge < -0.3 is 4.74 Å². The lowest BCUT2D eigenvalue weighted by molar-refractivity contribution is 0.0988. The van der Waals surface area contributed by atoms with Gasteiger partial charge in [-0.25, -0.2) is 4.39 Å². The Morgan fingerprint density at radius 1 is 1.30 bits per heavy atom. The molecule has 3 rings (SSSR count). The molecule has 0 saturated heterocycles. The van der Waals surface area contributed by atoms with Gasteiger partial charge in [0.1, 0.15) is 11.6 Å². The van der Waals surface area contributed by atoms with E-state index in [1.165, 1.54) is 12.1 Å². The molecule has 4 heteroatoms. The standard InChI is InChI=1S/C16H12ClFO2/c17-12-7-10-5-6-20-16(10)11(8-12)9-15(19)13-3-1-2-4-14(13)18/h1-4,7-8H,5-6,9H2. The Morgan fingerprint density at radius 2 is 2.10 bits per heavy atom. The van der Waals surface area contributed by atoms with Gasteiger partial charge in [-0.1, -0.05) is 23.7 Å². The SMILES string of the molecule is O=C(Cc1cc(Cl)cc2c1OCC2)c1ccccc1F. The van der Waals surface area contributed by atoms with Crippen molar-refractivity contribution in [3.8, 4) is 5.75 Å². The highest BCUT2D eigenvalue weighted by atomic mass is 35.5. The maximum atomic E-state index is 13.6. The average Bonchev–Trinajstić information content (AvgIpc) is 2.87. The summed E-state index contributed by atoms with van der Waals surface area (Å²) in [5.74, 6) is -0.0563. The summed E-state index contributed by atoms with van der Waals surface area (Å²) in [6, 6.07) is 9.54. The second-order valence-corrected chi connectivity index (χ2v) is 5.17. The van der Waals surface area contributed by atoms with E-state index in [2.05, 4.69) is 0 Å². The fourth-order valence-corrected chi connectivity index (χ4v) is 2.70. The van der Waals surface area contributed by atoms with Crippen molar-refractivity contribution in [1.29, 1.82) is 0 Å². The number of fused-ring (bicyclic) bond motifs is 1. The third kappa shape index (κ3) is 2.41. The largest absolute Gasteiger partial charge is 0.493 e. The van der Waals surface area contributed by atoms with Crippen LogP contribution in [0.5, 0.6) is 5.75 Å². The van der Waals surface area contributed by atoms with Gasteiger partial charge in [-0.2, -0.15) is 0 Å². The summed E-state index contributed by atoms with van der Waals surface area (Å²) in [6.45, 7) is 0.594. The molecule has 2 nitrogen and oxygen atoms in total. The monoisotopic (exact) mass is 290 g/mol. The predicted molar refractivity (Wildman–Crippen MR) is 75.1 cm³/mol. The highest BCUT2D eigenvalue weighted by Gasteiger charge is 2.20. The number of hydrogen-bond donors (Lipinski definition) is 0. The molecule has 1 aliphatic heterocycles.